The zero-order valence-corrected chi connectivity index (χ0v) is 12.3. The highest BCUT2D eigenvalue weighted by Gasteiger charge is 2.19. The molecule has 1 rings (SSSR count). The molecule has 4 heteroatoms. The van der Waals surface area contributed by atoms with Crippen molar-refractivity contribution in [2.45, 2.75) is 39.2 Å². The predicted molar refractivity (Wildman–Crippen MR) is 75.9 cm³/mol. The molecule has 1 aromatic heterocycles. The van der Waals surface area contributed by atoms with Crippen molar-refractivity contribution in [3.05, 3.63) is 29.1 Å². The first-order chi connectivity index (χ1) is 8.99. The molecule has 0 unspecified atom stereocenters. The largest absolute Gasteiger partial charge is 0.385 e. The van der Waals surface area contributed by atoms with Gasteiger partial charge in [0.2, 0.25) is 0 Å². The van der Waals surface area contributed by atoms with Crippen LogP contribution < -0.4 is 5.32 Å². The summed E-state index contributed by atoms with van der Waals surface area (Å²) in [6.45, 7) is 8.60. The molecule has 1 aromatic rings. The fraction of sp³-hybridized carbons (Fsp3) is 0.600. The molecule has 4 nitrogen and oxygen atoms in total. The molecule has 0 atom stereocenters. The van der Waals surface area contributed by atoms with Gasteiger partial charge in [-0.3, -0.25) is 4.98 Å². The van der Waals surface area contributed by atoms with E-state index >= 15 is 0 Å². The van der Waals surface area contributed by atoms with E-state index in [-0.39, 0.29) is 5.41 Å². The van der Waals surface area contributed by atoms with Crippen molar-refractivity contribution < 1.29 is 4.74 Å². The minimum absolute atomic E-state index is 0.102. The van der Waals surface area contributed by atoms with Crippen LogP contribution in [0.1, 0.15) is 44.0 Å². The quantitative estimate of drug-likeness (QED) is 0.799. The number of aromatic nitrogens is 1. The molecule has 0 saturated carbocycles. The molecule has 0 bridgehead atoms. The zero-order valence-electron chi connectivity index (χ0n) is 12.3. The lowest BCUT2D eigenvalue weighted by molar-refractivity contribution is 0.194. The van der Waals surface area contributed by atoms with Crippen LogP contribution in [0.4, 0.5) is 0 Å². The van der Waals surface area contributed by atoms with Gasteiger partial charge in [0.05, 0.1) is 11.3 Å². The lowest BCUT2D eigenvalue weighted by atomic mass is 9.88. The molecule has 0 aliphatic carbocycles. The van der Waals surface area contributed by atoms with E-state index in [2.05, 4.69) is 37.1 Å². The molecule has 0 saturated heterocycles. The smallest absolute Gasteiger partial charge is 0.101 e. The summed E-state index contributed by atoms with van der Waals surface area (Å²) in [6, 6.07) is 4.17. The molecule has 1 N–H and O–H groups in total. The number of nitrogens with one attached hydrogen (secondary N) is 1. The average molecular weight is 261 g/mol. The summed E-state index contributed by atoms with van der Waals surface area (Å²) in [5, 5.41) is 12.5. The van der Waals surface area contributed by atoms with E-state index in [1.165, 1.54) is 0 Å². The Morgan fingerprint density at radius 2 is 2.16 bits per heavy atom. The summed E-state index contributed by atoms with van der Waals surface area (Å²) in [7, 11) is 1.70. The molecule has 1 heterocycles. The summed E-state index contributed by atoms with van der Waals surface area (Å²) in [4.78, 5) is 4.45. The Balaban J connectivity index is 2.65. The van der Waals surface area contributed by atoms with Crippen LogP contribution in [0.5, 0.6) is 0 Å². The second-order valence-electron chi connectivity index (χ2n) is 5.62. The SMILES string of the molecule is COCCCNCc1cnc(C(C)(C)C)c(C#N)c1. The predicted octanol–water partition coefficient (Wildman–Crippen LogP) is 2.38. The van der Waals surface area contributed by atoms with E-state index in [0.717, 1.165) is 37.4 Å². The first-order valence-corrected chi connectivity index (χ1v) is 6.58. The number of nitrogens with zero attached hydrogens (tertiary/aromatic N) is 2. The molecular formula is C15H23N3O. The highest BCUT2D eigenvalue weighted by atomic mass is 16.5. The average Bonchev–Trinajstić information content (AvgIpc) is 2.37. The van der Waals surface area contributed by atoms with Crippen LogP contribution in [0.2, 0.25) is 0 Å². The Bertz CT molecular complexity index is 444. The van der Waals surface area contributed by atoms with Crippen molar-refractivity contribution in [1.82, 2.24) is 10.3 Å². The Morgan fingerprint density at radius 1 is 1.42 bits per heavy atom. The van der Waals surface area contributed by atoms with Crippen molar-refractivity contribution in [2.24, 2.45) is 0 Å². The van der Waals surface area contributed by atoms with E-state index in [1.54, 1.807) is 7.11 Å². The molecule has 0 aliphatic rings. The van der Waals surface area contributed by atoms with Gasteiger partial charge in [-0.05, 0) is 24.6 Å². The number of hydrogen-bond donors (Lipinski definition) is 1. The van der Waals surface area contributed by atoms with Gasteiger partial charge in [-0.2, -0.15) is 5.26 Å². The fourth-order valence-corrected chi connectivity index (χ4v) is 1.86. The van der Waals surface area contributed by atoms with Gasteiger partial charge in [-0.1, -0.05) is 20.8 Å². The van der Waals surface area contributed by atoms with Crippen LogP contribution in [-0.4, -0.2) is 25.2 Å². The minimum atomic E-state index is -0.102. The van der Waals surface area contributed by atoms with Crippen LogP contribution >= 0.6 is 0 Å². The van der Waals surface area contributed by atoms with Gasteiger partial charge < -0.3 is 10.1 Å². The third-order valence-corrected chi connectivity index (χ3v) is 2.81. The van der Waals surface area contributed by atoms with Gasteiger partial charge in [0.25, 0.3) is 0 Å². The monoisotopic (exact) mass is 261 g/mol. The normalized spacial score (nSPS) is 11.3. The van der Waals surface area contributed by atoms with Crippen molar-refractivity contribution in [3.8, 4) is 6.07 Å². The highest BCUT2D eigenvalue weighted by molar-refractivity contribution is 5.39. The maximum atomic E-state index is 9.22. The number of rotatable bonds is 6. The van der Waals surface area contributed by atoms with Crippen molar-refractivity contribution in [1.29, 1.82) is 5.26 Å². The van der Waals surface area contributed by atoms with Crippen LogP contribution in [0.25, 0.3) is 0 Å². The van der Waals surface area contributed by atoms with Gasteiger partial charge in [0, 0.05) is 31.9 Å². The summed E-state index contributed by atoms with van der Waals surface area (Å²) in [5.74, 6) is 0. The van der Waals surface area contributed by atoms with Gasteiger partial charge in [-0.15, -0.1) is 0 Å². The van der Waals surface area contributed by atoms with E-state index < -0.39 is 0 Å². The number of hydrogen-bond acceptors (Lipinski definition) is 4. The second-order valence-corrected chi connectivity index (χ2v) is 5.62. The first-order valence-electron chi connectivity index (χ1n) is 6.58. The standard InChI is InChI=1S/C15H23N3O/c1-15(2,3)14-13(9-16)8-12(11-18-14)10-17-6-5-7-19-4/h8,11,17H,5-7,10H2,1-4H3. The lowest BCUT2D eigenvalue weighted by Gasteiger charge is -2.19. The maximum absolute atomic E-state index is 9.22. The van der Waals surface area contributed by atoms with Crippen molar-refractivity contribution in [3.63, 3.8) is 0 Å². The molecular weight excluding hydrogens is 238 g/mol. The Kier molecular flexibility index (Phi) is 5.94. The van der Waals surface area contributed by atoms with Gasteiger partial charge in [0.15, 0.2) is 0 Å². The van der Waals surface area contributed by atoms with Crippen molar-refractivity contribution >= 4 is 0 Å². The Hall–Kier alpha value is -1.44. The molecule has 0 fully saturated rings. The Morgan fingerprint density at radius 3 is 2.74 bits per heavy atom. The van der Waals surface area contributed by atoms with Crippen LogP contribution in [-0.2, 0) is 16.7 Å². The molecule has 0 spiro atoms. The van der Waals surface area contributed by atoms with E-state index in [0.29, 0.717) is 5.56 Å². The second kappa shape index (κ2) is 7.22. The third kappa shape index (κ3) is 4.98. The topological polar surface area (TPSA) is 57.9 Å². The fourth-order valence-electron chi connectivity index (χ4n) is 1.86. The summed E-state index contributed by atoms with van der Waals surface area (Å²) in [5.41, 5.74) is 2.47. The zero-order chi connectivity index (χ0) is 14.3. The molecule has 104 valence electrons. The van der Waals surface area contributed by atoms with E-state index in [4.69, 9.17) is 4.74 Å². The lowest BCUT2D eigenvalue weighted by Crippen LogP contribution is -2.19. The van der Waals surface area contributed by atoms with Gasteiger partial charge in [-0.25, -0.2) is 0 Å². The minimum Gasteiger partial charge on any atom is -0.385 e. The molecule has 0 aromatic carbocycles. The maximum Gasteiger partial charge on any atom is 0.101 e. The van der Waals surface area contributed by atoms with Gasteiger partial charge in [0.1, 0.15) is 6.07 Å². The number of nitriles is 1. The molecule has 0 radical (unpaired) electrons. The highest BCUT2D eigenvalue weighted by Crippen LogP contribution is 2.23. The van der Waals surface area contributed by atoms with Crippen LogP contribution in [0.15, 0.2) is 12.3 Å². The number of ether oxygens (including phenoxy) is 1. The first kappa shape index (κ1) is 15.6. The van der Waals surface area contributed by atoms with E-state index in [9.17, 15) is 5.26 Å². The van der Waals surface area contributed by atoms with Gasteiger partial charge >= 0.3 is 0 Å². The van der Waals surface area contributed by atoms with Crippen molar-refractivity contribution in [2.75, 3.05) is 20.3 Å². The molecule has 0 amide bonds. The molecule has 19 heavy (non-hydrogen) atoms. The van der Waals surface area contributed by atoms with E-state index in [1.807, 2.05) is 12.3 Å². The summed E-state index contributed by atoms with van der Waals surface area (Å²) >= 11 is 0. The van der Waals surface area contributed by atoms with Crippen LogP contribution in [0, 0.1) is 11.3 Å². The Labute approximate surface area is 115 Å². The van der Waals surface area contributed by atoms with Crippen LogP contribution in [0.3, 0.4) is 0 Å². The summed E-state index contributed by atoms with van der Waals surface area (Å²) < 4.78 is 4.99. The third-order valence-electron chi connectivity index (χ3n) is 2.81. The molecule has 0 aliphatic heterocycles. The summed E-state index contributed by atoms with van der Waals surface area (Å²) in [6.07, 6.45) is 2.83. The number of methoxy groups -OCH3 is 1. The number of pyridine rings is 1.